The summed E-state index contributed by atoms with van der Waals surface area (Å²) >= 11 is 0. The van der Waals surface area contributed by atoms with E-state index in [4.69, 9.17) is 0 Å². The number of piperidine rings is 1. The highest BCUT2D eigenvalue weighted by Crippen LogP contribution is 2.33. The van der Waals surface area contributed by atoms with Crippen molar-refractivity contribution in [2.75, 3.05) is 51.6 Å². The molecule has 4 aromatic rings. The number of quaternary nitrogens is 1. The van der Waals surface area contributed by atoms with Gasteiger partial charge in [0.25, 0.3) is 5.91 Å². The number of imidazole rings is 1. The number of ether oxygens (including phenoxy) is 1. The van der Waals surface area contributed by atoms with E-state index in [9.17, 15) is 27.2 Å². The largest absolute Gasteiger partial charge is 0.432 e. The highest BCUT2D eigenvalue weighted by Gasteiger charge is 2.36. The second kappa shape index (κ2) is 16.6. The van der Waals surface area contributed by atoms with E-state index in [1.807, 2.05) is 19.9 Å². The van der Waals surface area contributed by atoms with Crippen LogP contribution < -0.4 is 20.7 Å². The van der Waals surface area contributed by atoms with Crippen molar-refractivity contribution in [3.8, 4) is 17.0 Å². The first-order valence-corrected chi connectivity index (χ1v) is 18.5. The zero-order chi connectivity index (χ0) is 37.7. The Morgan fingerprint density at radius 2 is 1.89 bits per heavy atom. The van der Waals surface area contributed by atoms with Crippen LogP contribution in [-0.2, 0) is 11.2 Å². The standard InChI is InChI=1S/C39H47F4N7O3/c1-4-26-20-28(48-36-37-47-22-31(49(37)17-16-45-36)30-9-10-32(53-39(42)43)34(41)33(30)40)7-8-29(26)38(52)46-14-5-6-24(2)35(51)27-12-18-50(3,19-13-27)23-25-11-15-44-21-25/h7-10,16-17,20,22,24-25,27,39,44H,4-6,11-15,18-19,21,23H2,1-3H3,(H-,45,46,48,52)/p+1. The van der Waals surface area contributed by atoms with Crippen molar-refractivity contribution in [3.63, 3.8) is 0 Å². The summed E-state index contributed by atoms with van der Waals surface area (Å²) in [4.78, 5) is 35.2. The highest BCUT2D eigenvalue weighted by atomic mass is 19.3. The molecule has 2 fully saturated rings. The van der Waals surface area contributed by atoms with Crippen LogP contribution in [0.1, 0.15) is 61.9 Å². The summed E-state index contributed by atoms with van der Waals surface area (Å²) < 4.78 is 61.2. The number of rotatable bonds is 15. The van der Waals surface area contributed by atoms with Gasteiger partial charge in [-0.2, -0.15) is 13.2 Å². The molecule has 3 N–H and O–H groups in total. The number of ketones is 1. The third-order valence-corrected chi connectivity index (χ3v) is 10.8. The van der Waals surface area contributed by atoms with Gasteiger partial charge in [0, 0.05) is 72.9 Å². The van der Waals surface area contributed by atoms with E-state index in [0.29, 0.717) is 47.9 Å². The first-order chi connectivity index (χ1) is 25.5. The molecule has 0 aliphatic carbocycles. The molecule has 2 aliphatic heterocycles. The van der Waals surface area contributed by atoms with Gasteiger partial charge in [-0.05, 0) is 68.1 Å². The van der Waals surface area contributed by atoms with Crippen molar-refractivity contribution in [1.82, 2.24) is 25.0 Å². The number of carbonyl (C=O) groups excluding carboxylic acids is 2. The Kier molecular flexibility index (Phi) is 12.0. The van der Waals surface area contributed by atoms with Gasteiger partial charge in [0.1, 0.15) is 5.78 Å². The number of nitrogens with zero attached hydrogens (tertiary/aromatic N) is 4. The van der Waals surface area contributed by atoms with E-state index in [0.717, 1.165) is 73.5 Å². The fraction of sp³-hybridized carbons (Fsp3) is 0.487. The lowest BCUT2D eigenvalue weighted by atomic mass is 9.83. The number of alkyl halides is 2. The van der Waals surface area contributed by atoms with Crippen LogP contribution in [0.4, 0.5) is 29.1 Å². The van der Waals surface area contributed by atoms with Gasteiger partial charge in [0.05, 0.1) is 38.6 Å². The van der Waals surface area contributed by atoms with Gasteiger partial charge in [-0.1, -0.05) is 13.8 Å². The summed E-state index contributed by atoms with van der Waals surface area (Å²) in [5, 5.41) is 9.68. The Balaban J connectivity index is 1.02. The Morgan fingerprint density at radius 3 is 2.60 bits per heavy atom. The summed E-state index contributed by atoms with van der Waals surface area (Å²) in [5.41, 5.74) is 2.28. The molecule has 0 spiro atoms. The lowest BCUT2D eigenvalue weighted by molar-refractivity contribution is -0.917. The average molecular weight is 739 g/mol. The second-order valence-electron chi connectivity index (χ2n) is 14.7. The van der Waals surface area contributed by atoms with E-state index >= 15 is 0 Å². The molecule has 2 unspecified atom stereocenters. The van der Waals surface area contributed by atoms with Crippen molar-refractivity contribution < 1.29 is 36.4 Å². The molecule has 0 saturated carbocycles. The number of carbonyl (C=O) groups is 2. The van der Waals surface area contributed by atoms with Crippen LogP contribution in [0.15, 0.2) is 48.9 Å². The lowest BCUT2D eigenvalue weighted by Crippen LogP contribution is -2.53. The molecular formula is C39H48F4N7O3+. The van der Waals surface area contributed by atoms with Crippen LogP contribution in [-0.4, -0.2) is 83.5 Å². The van der Waals surface area contributed by atoms with Crippen molar-refractivity contribution in [1.29, 1.82) is 0 Å². The maximum absolute atomic E-state index is 14.9. The third-order valence-electron chi connectivity index (χ3n) is 10.8. The van der Waals surface area contributed by atoms with Crippen molar-refractivity contribution >= 4 is 28.8 Å². The van der Waals surface area contributed by atoms with Crippen LogP contribution in [0.3, 0.4) is 0 Å². The predicted molar refractivity (Wildman–Crippen MR) is 194 cm³/mol. The minimum atomic E-state index is -3.30. The van der Waals surface area contributed by atoms with Gasteiger partial charge >= 0.3 is 6.61 Å². The maximum atomic E-state index is 14.9. The fourth-order valence-corrected chi connectivity index (χ4v) is 7.85. The quantitative estimate of drug-likeness (QED) is 0.0703. The smallest absolute Gasteiger partial charge is 0.387 e. The Labute approximate surface area is 306 Å². The molecule has 6 rings (SSSR count). The zero-order valence-electron chi connectivity index (χ0n) is 30.4. The zero-order valence-corrected chi connectivity index (χ0v) is 30.4. The highest BCUT2D eigenvalue weighted by molar-refractivity contribution is 5.96. The number of hydrogen-bond donors (Lipinski definition) is 3. The summed E-state index contributed by atoms with van der Waals surface area (Å²) in [7, 11) is 2.34. The lowest BCUT2D eigenvalue weighted by Gasteiger charge is -2.42. The molecule has 2 aliphatic rings. The van der Waals surface area contributed by atoms with Crippen LogP contribution in [0.2, 0.25) is 0 Å². The topological polar surface area (TPSA) is 110 Å². The molecule has 2 atom stereocenters. The molecule has 0 radical (unpaired) electrons. The summed E-state index contributed by atoms with van der Waals surface area (Å²) in [6, 6.07) is 7.41. The molecule has 1 amide bonds. The SMILES string of the molecule is CCc1cc(Nc2nccn3c(-c4ccc(OC(F)F)c(F)c4F)cnc23)ccc1C(=O)NCCCC(C)C(=O)C1CC[N+](C)(CC2CCNC2)CC1. The Bertz CT molecular complexity index is 1920. The van der Waals surface area contributed by atoms with Gasteiger partial charge in [-0.15, -0.1) is 0 Å². The number of likely N-dealkylation sites (tertiary alicyclic amines) is 1. The number of halogens is 4. The number of benzene rings is 2. The van der Waals surface area contributed by atoms with Gasteiger partial charge in [-0.3, -0.25) is 14.0 Å². The summed E-state index contributed by atoms with van der Waals surface area (Å²) in [6.45, 7) is 6.67. The molecule has 2 aromatic carbocycles. The van der Waals surface area contributed by atoms with Gasteiger partial charge in [0.2, 0.25) is 5.82 Å². The van der Waals surface area contributed by atoms with E-state index in [2.05, 4.69) is 37.7 Å². The summed E-state index contributed by atoms with van der Waals surface area (Å²) in [6.07, 6.45) is 9.48. The average Bonchev–Trinajstić information content (AvgIpc) is 3.82. The number of amides is 1. The first-order valence-electron chi connectivity index (χ1n) is 18.5. The molecule has 10 nitrogen and oxygen atoms in total. The van der Waals surface area contributed by atoms with E-state index in [1.165, 1.54) is 36.0 Å². The number of hydrogen-bond acceptors (Lipinski definition) is 7. The molecule has 4 heterocycles. The predicted octanol–water partition coefficient (Wildman–Crippen LogP) is 6.76. The minimum absolute atomic E-state index is 0.0400. The van der Waals surface area contributed by atoms with Crippen LogP contribution >= 0.6 is 0 Å². The number of fused-ring (bicyclic) bond motifs is 1. The van der Waals surface area contributed by atoms with Gasteiger partial charge < -0.3 is 25.2 Å². The molecule has 0 bridgehead atoms. The maximum Gasteiger partial charge on any atom is 0.387 e. The summed E-state index contributed by atoms with van der Waals surface area (Å²) in [5.74, 6) is -2.46. The van der Waals surface area contributed by atoms with Gasteiger partial charge in [-0.25, -0.2) is 14.4 Å². The number of aromatic nitrogens is 3. The molecule has 2 aromatic heterocycles. The normalized spacial score (nSPS) is 20.8. The molecule has 53 heavy (non-hydrogen) atoms. The monoisotopic (exact) mass is 738 g/mol. The number of anilines is 2. The van der Waals surface area contributed by atoms with Crippen LogP contribution in [0, 0.1) is 29.4 Å². The molecule has 2 saturated heterocycles. The van der Waals surface area contributed by atoms with Crippen molar-refractivity contribution in [2.45, 2.75) is 59.0 Å². The Hall–Kier alpha value is -4.56. The molecule has 14 heteroatoms. The number of aryl methyl sites for hydroxylation is 1. The second-order valence-corrected chi connectivity index (χ2v) is 14.7. The number of nitrogens with one attached hydrogen (secondary N) is 3. The molecular weight excluding hydrogens is 690 g/mol. The first kappa shape index (κ1) is 38.2. The fourth-order valence-electron chi connectivity index (χ4n) is 7.85. The van der Waals surface area contributed by atoms with E-state index in [1.54, 1.807) is 12.1 Å². The third kappa shape index (κ3) is 8.81. The van der Waals surface area contributed by atoms with Crippen molar-refractivity contribution in [2.24, 2.45) is 17.8 Å². The van der Waals surface area contributed by atoms with E-state index < -0.39 is 24.0 Å². The number of Topliss-reactive ketones (excluding diaryl/α,β-unsaturated/α-hetero) is 1. The molecule has 284 valence electrons. The van der Waals surface area contributed by atoms with Crippen LogP contribution in [0.25, 0.3) is 16.9 Å². The minimum Gasteiger partial charge on any atom is -0.432 e. The van der Waals surface area contributed by atoms with Crippen LogP contribution in [0.5, 0.6) is 5.75 Å². The Morgan fingerprint density at radius 1 is 1.09 bits per heavy atom. The van der Waals surface area contributed by atoms with Crippen molar-refractivity contribution in [3.05, 3.63) is 71.7 Å². The van der Waals surface area contributed by atoms with E-state index in [-0.39, 0.29) is 29.0 Å². The van der Waals surface area contributed by atoms with Gasteiger partial charge in [0.15, 0.2) is 23.0 Å².